The molecule has 0 bridgehead atoms. The molecule has 0 radical (unpaired) electrons. The smallest absolute Gasteiger partial charge is 0.271 e. The van der Waals surface area contributed by atoms with Crippen LogP contribution in [0.4, 0.5) is 0 Å². The number of carbonyl (C=O) groups excluding carboxylic acids is 1. The lowest BCUT2D eigenvalue weighted by Crippen LogP contribution is -2.17. The first-order valence-corrected chi connectivity index (χ1v) is 10.9. The number of hydrogen-bond acceptors (Lipinski definition) is 4. The predicted octanol–water partition coefficient (Wildman–Crippen LogP) is 6.50. The van der Waals surface area contributed by atoms with E-state index in [0.29, 0.717) is 44.8 Å². The van der Waals surface area contributed by atoms with Gasteiger partial charge in [-0.1, -0.05) is 35.3 Å². The van der Waals surface area contributed by atoms with Crippen molar-refractivity contribution in [1.29, 1.82) is 0 Å². The Kier molecular flexibility index (Phi) is 8.35. The molecular weight excluding hydrogens is 503 g/mol. The first kappa shape index (κ1) is 23.1. The third-order valence-corrected chi connectivity index (χ3v) is 5.21. The van der Waals surface area contributed by atoms with Gasteiger partial charge in [0.25, 0.3) is 5.91 Å². The third kappa shape index (κ3) is 6.72. The van der Waals surface area contributed by atoms with Gasteiger partial charge in [0.2, 0.25) is 0 Å². The zero-order valence-electron chi connectivity index (χ0n) is 16.6. The molecule has 31 heavy (non-hydrogen) atoms. The van der Waals surface area contributed by atoms with Crippen LogP contribution in [0, 0.1) is 0 Å². The molecule has 0 aromatic heterocycles. The number of rotatable bonds is 8. The Labute approximate surface area is 199 Å². The Balaban J connectivity index is 1.71. The molecule has 3 aromatic carbocycles. The number of hydrogen-bond donors (Lipinski definition) is 1. The molecule has 1 N–H and O–H groups in total. The summed E-state index contributed by atoms with van der Waals surface area (Å²) in [6, 6.07) is 17.6. The van der Waals surface area contributed by atoms with Gasteiger partial charge in [-0.05, 0) is 82.5 Å². The van der Waals surface area contributed by atoms with E-state index >= 15 is 0 Å². The first-order valence-electron chi connectivity index (χ1n) is 9.39. The third-order valence-electron chi connectivity index (χ3n) is 4.11. The van der Waals surface area contributed by atoms with E-state index in [1.165, 1.54) is 6.21 Å². The molecule has 0 saturated carbocycles. The monoisotopic (exact) mass is 520 g/mol. The van der Waals surface area contributed by atoms with Crippen molar-refractivity contribution in [1.82, 2.24) is 5.43 Å². The summed E-state index contributed by atoms with van der Waals surface area (Å²) in [4.78, 5) is 12.1. The fourth-order valence-corrected chi connectivity index (χ4v) is 3.46. The van der Waals surface area contributed by atoms with Gasteiger partial charge in [0.05, 0.1) is 17.3 Å². The minimum atomic E-state index is -0.333. The zero-order chi connectivity index (χ0) is 22.2. The first-order chi connectivity index (χ1) is 15.0. The van der Waals surface area contributed by atoms with E-state index in [1.807, 2.05) is 37.3 Å². The molecule has 0 spiro atoms. The highest BCUT2D eigenvalue weighted by molar-refractivity contribution is 9.10. The second-order valence-electron chi connectivity index (χ2n) is 6.38. The van der Waals surface area contributed by atoms with Gasteiger partial charge in [-0.15, -0.1) is 0 Å². The van der Waals surface area contributed by atoms with Crippen molar-refractivity contribution in [3.63, 3.8) is 0 Å². The van der Waals surface area contributed by atoms with Crippen LogP contribution in [0.2, 0.25) is 10.0 Å². The average molecular weight is 522 g/mol. The Morgan fingerprint density at radius 3 is 2.32 bits per heavy atom. The van der Waals surface area contributed by atoms with Crippen LogP contribution in [0.15, 0.2) is 70.2 Å². The maximum Gasteiger partial charge on any atom is 0.271 e. The number of halogens is 3. The van der Waals surface area contributed by atoms with Gasteiger partial charge in [0, 0.05) is 15.6 Å². The second-order valence-corrected chi connectivity index (χ2v) is 8.11. The largest absolute Gasteiger partial charge is 0.490 e. The van der Waals surface area contributed by atoms with Crippen molar-refractivity contribution in [3.05, 3.63) is 91.9 Å². The number of nitrogens with zero attached hydrogens (tertiary/aromatic N) is 1. The Bertz CT molecular complexity index is 1070. The fourth-order valence-electron chi connectivity index (χ4n) is 2.63. The quantitative estimate of drug-likeness (QED) is 0.272. The minimum Gasteiger partial charge on any atom is -0.490 e. The van der Waals surface area contributed by atoms with Crippen molar-refractivity contribution in [3.8, 4) is 11.5 Å². The number of carbonyl (C=O) groups is 1. The maximum atomic E-state index is 12.1. The van der Waals surface area contributed by atoms with E-state index < -0.39 is 0 Å². The summed E-state index contributed by atoms with van der Waals surface area (Å²) >= 11 is 15.3. The fraction of sp³-hybridized carbons (Fsp3) is 0.130. The predicted molar refractivity (Wildman–Crippen MR) is 128 cm³/mol. The maximum absolute atomic E-state index is 12.1. The Morgan fingerprint density at radius 1 is 1.03 bits per heavy atom. The molecule has 0 unspecified atom stereocenters. The van der Waals surface area contributed by atoms with E-state index in [2.05, 4.69) is 26.5 Å². The molecule has 0 saturated heterocycles. The van der Waals surface area contributed by atoms with Crippen molar-refractivity contribution in [2.75, 3.05) is 6.61 Å². The van der Waals surface area contributed by atoms with E-state index in [1.54, 1.807) is 30.3 Å². The zero-order valence-corrected chi connectivity index (χ0v) is 19.7. The molecule has 0 fully saturated rings. The summed E-state index contributed by atoms with van der Waals surface area (Å²) in [5.74, 6) is 0.815. The highest BCUT2D eigenvalue weighted by Crippen LogP contribution is 2.37. The molecular formula is C23H19BrCl2N2O3. The number of nitrogens with one attached hydrogen (secondary N) is 1. The topological polar surface area (TPSA) is 59.9 Å². The molecule has 1 amide bonds. The van der Waals surface area contributed by atoms with Crippen LogP contribution in [0.5, 0.6) is 11.5 Å². The van der Waals surface area contributed by atoms with Crippen LogP contribution in [0.1, 0.15) is 28.4 Å². The Hall–Kier alpha value is -2.54. The van der Waals surface area contributed by atoms with Gasteiger partial charge >= 0.3 is 0 Å². The lowest BCUT2D eigenvalue weighted by molar-refractivity contribution is 0.0955. The number of hydrazone groups is 1. The van der Waals surface area contributed by atoms with E-state index in [4.69, 9.17) is 32.7 Å². The molecule has 0 atom stereocenters. The van der Waals surface area contributed by atoms with Crippen LogP contribution >= 0.6 is 39.1 Å². The van der Waals surface area contributed by atoms with Gasteiger partial charge in [0.15, 0.2) is 11.5 Å². The van der Waals surface area contributed by atoms with E-state index in [0.717, 1.165) is 11.1 Å². The SMILES string of the molecule is CCOc1cc(/C=N\NC(=O)c2ccc(Cl)cc2)cc(Br)c1OCc1ccc(Cl)cc1. The summed E-state index contributed by atoms with van der Waals surface area (Å²) in [7, 11) is 0. The van der Waals surface area contributed by atoms with Gasteiger partial charge in [-0.2, -0.15) is 5.10 Å². The van der Waals surface area contributed by atoms with Gasteiger partial charge in [0.1, 0.15) is 6.61 Å². The minimum absolute atomic E-state index is 0.333. The molecule has 5 nitrogen and oxygen atoms in total. The number of ether oxygens (including phenoxy) is 2. The molecule has 3 aromatic rings. The second kappa shape index (κ2) is 11.2. The standard InChI is InChI=1S/C23H19BrCl2N2O3/c1-2-30-21-12-16(13-27-28-23(29)17-5-9-19(26)10-6-17)11-20(24)22(21)31-14-15-3-7-18(25)8-4-15/h3-13H,2,14H2,1H3,(H,28,29)/b27-13-. The van der Waals surface area contributed by atoms with Gasteiger partial charge in [-0.3, -0.25) is 4.79 Å². The van der Waals surface area contributed by atoms with Crippen LogP contribution in [0.25, 0.3) is 0 Å². The number of amides is 1. The van der Waals surface area contributed by atoms with Crippen molar-refractivity contribution < 1.29 is 14.3 Å². The molecule has 0 aliphatic carbocycles. The summed E-state index contributed by atoms with van der Waals surface area (Å²) in [6.07, 6.45) is 1.53. The molecule has 0 aliphatic heterocycles. The summed E-state index contributed by atoms with van der Waals surface area (Å²) in [5.41, 5.74) is 4.66. The average Bonchev–Trinajstić information content (AvgIpc) is 2.75. The summed E-state index contributed by atoms with van der Waals surface area (Å²) < 4.78 is 12.4. The van der Waals surface area contributed by atoms with Crippen LogP contribution in [-0.2, 0) is 6.61 Å². The van der Waals surface area contributed by atoms with Crippen LogP contribution < -0.4 is 14.9 Å². The highest BCUT2D eigenvalue weighted by Gasteiger charge is 2.12. The van der Waals surface area contributed by atoms with E-state index in [9.17, 15) is 4.79 Å². The molecule has 0 aliphatic rings. The van der Waals surface area contributed by atoms with Crippen molar-refractivity contribution in [2.45, 2.75) is 13.5 Å². The van der Waals surface area contributed by atoms with Crippen molar-refractivity contribution >= 4 is 51.3 Å². The lowest BCUT2D eigenvalue weighted by atomic mass is 10.2. The summed E-state index contributed by atoms with van der Waals surface area (Å²) in [6.45, 7) is 2.72. The number of benzene rings is 3. The van der Waals surface area contributed by atoms with Crippen LogP contribution in [0.3, 0.4) is 0 Å². The normalized spacial score (nSPS) is 10.8. The highest BCUT2D eigenvalue weighted by atomic mass is 79.9. The lowest BCUT2D eigenvalue weighted by Gasteiger charge is -2.14. The molecule has 3 rings (SSSR count). The molecule has 160 valence electrons. The van der Waals surface area contributed by atoms with Crippen molar-refractivity contribution in [2.24, 2.45) is 5.10 Å². The Morgan fingerprint density at radius 2 is 1.68 bits per heavy atom. The summed E-state index contributed by atoms with van der Waals surface area (Å²) in [5, 5.41) is 5.26. The van der Waals surface area contributed by atoms with Crippen LogP contribution in [-0.4, -0.2) is 18.7 Å². The molecule has 0 heterocycles. The van der Waals surface area contributed by atoms with Gasteiger partial charge in [-0.25, -0.2) is 5.43 Å². The van der Waals surface area contributed by atoms with Gasteiger partial charge < -0.3 is 9.47 Å². The van der Waals surface area contributed by atoms with E-state index in [-0.39, 0.29) is 5.91 Å². The molecule has 8 heteroatoms.